The van der Waals surface area contributed by atoms with Gasteiger partial charge >= 0.3 is 0 Å². The Bertz CT molecular complexity index is 81.0. The maximum absolute atomic E-state index is 9.09. The molecule has 0 aliphatic heterocycles. The Kier molecular flexibility index (Phi) is 4.36. The topological polar surface area (TPSA) is 40.5 Å². The number of aliphatic hydroxyl groups excluding tert-OH is 2. The van der Waals surface area contributed by atoms with Gasteiger partial charge in [-0.1, -0.05) is 13.0 Å². The van der Waals surface area contributed by atoms with Gasteiger partial charge in [-0.15, -0.1) is 6.58 Å². The van der Waals surface area contributed by atoms with Crippen molar-refractivity contribution in [2.75, 3.05) is 6.61 Å². The van der Waals surface area contributed by atoms with Gasteiger partial charge in [-0.2, -0.15) is 0 Å². The molecule has 2 heteroatoms. The lowest BCUT2D eigenvalue weighted by molar-refractivity contribution is 0.0795. The molecule has 0 aromatic carbocycles. The van der Waals surface area contributed by atoms with Gasteiger partial charge in [-0.05, 0) is 6.42 Å². The van der Waals surface area contributed by atoms with Crippen LogP contribution in [-0.2, 0) is 0 Å². The van der Waals surface area contributed by atoms with Crippen LogP contribution in [-0.4, -0.2) is 22.9 Å². The van der Waals surface area contributed by atoms with Gasteiger partial charge in [0.15, 0.2) is 0 Å². The molecule has 0 radical (unpaired) electrons. The Morgan fingerprint density at radius 3 is 2.56 bits per heavy atom. The SMILES string of the molecule is C=CCC(O)C(C)CO. The first-order valence-electron chi connectivity index (χ1n) is 3.12. The zero-order valence-corrected chi connectivity index (χ0v) is 5.75. The van der Waals surface area contributed by atoms with Crippen LogP contribution in [0.4, 0.5) is 0 Å². The molecule has 0 spiro atoms. The molecule has 0 aromatic heterocycles. The van der Waals surface area contributed by atoms with Gasteiger partial charge in [0.25, 0.3) is 0 Å². The van der Waals surface area contributed by atoms with Gasteiger partial charge in [0, 0.05) is 12.5 Å². The first kappa shape index (κ1) is 8.66. The van der Waals surface area contributed by atoms with Crippen LogP contribution in [0.15, 0.2) is 12.7 Å². The van der Waals surface area contributed by atoms with Crippen molar-refractivity contribution in [3.8, 4) is 0 Å². The fourth-order valence-corrected chi connectivity index (χ4v) is 0.525. The van der Waals surface area contributed by atoms with Gasteiger partial charge in [0.05, 0.1) is 6.10 Å². The summed E-state index contributed by atoms with van der Waals surface area (Å²) in [6, 6.07) is 0. The summed E-state index contributed by atoms with van der Waals surface area (Å²) in [5, 5.41) is 17.6. The number of hydrogen-bond acceptors (Lipinski definition) is 2. The summed E-state index contributed by atoms with van der Waals surface area (Å²) in [5.74, 6) is -0.0389. The number of aliphatic hydroxyl groups is 2. The number of rotatable bonds is 4. The van der Waals surface area contributed by atoms with Crippen LogP contribution in [0.3, 0.4) is 0 Å². The highest BCUT2D eigenvalue weighted by Crippen LogP contribution is 2.05. The summed E-state index contributed by atoms with van der Waals surface area (Å²) in [6.45, 7) is 5.31. The van der Waals surface area contributed by atoms with E-state index in [1.165, 1.54) is 0 Å². The summed E-state index contributed by atoms with van der Waals surface area (Å²) < 4.78 is 0. The molecular weight excluding hydrogens is 116 g/mol. The molecule has 9 heavy (non-hydrogen) atoms. The van der Waals surface area contributed by atoms with E-state index in [4.69, 9.17) is 10.2 Å². The normalized spacial score (nSPS) is 16.8. The van der Waals surface area contributed by atoms with E-state index in [1.54, 1.807) is 13.0 Å². The predicted octanol–water partition coefficient (Wildman–Crippen LogP) is 0.552. The summed E-state index contributed by atoms with van der Waals surface area (Å²) in [5.41, 5.74) is 0. The summed E-state index contributed by atoms with van der Waals surface area (Å²) >= 11 is 0. The first-order valence-corrected chi connectivity index (χ1v) is 3.12. The monoisotopic (exact) mass is 130 g/mol. The van der Waals surface area contributed by atoms with Crippen molar-refractivity contribution in [3.63, 3.8) is 0 Å². The molecule has 0 bridgehead atoms. The third-order valence-corrected chi connectivity index (χ3v) is 1.35. The maximum Gasteiger partial charge on any atom is 0.0621 e. The van der Waals surface area contributed by atoms with Crippen molar-refractivity contribution < 1.29 is 10.2 Å². The second kappa shape index (κ2) is 4.53. The fourth-order valence-electron chi connectivity index (χ4n) is 0.525. The highest BCUT2D eigenvalue weighted by atomic mass is 16.3. The fraction of sp³-hybridized carbons (Fsp3) is 0.714. The smallest absolute Gasteiger partial charge is 0.0621 e. The molecule has 0 aliphatic carbocycles. The van der Waals surface area contributed by atoms with E-state index in [9.17, 15) is 0 Å². The second-order valence-corrected chi connectivity index (χ2v) is 2.25. The minimum Gasteiger partial charge on any atom is -0.396 e. The molecule has 0 heterocycles. The third-order valence-electron chi connectivity index (χ3n) is 1.35. The summed E-state index contributed by atoms with van der Waals surface area (Å²) in [6.07, 6.45) is 1.77. The Morgan fingerprint density at radius 2 is 2.22 bits per heavy atom. The molecule has 0 aliphatic rings. The minimum absolute atomic E-state index is 0.0367. The highest BCUT2D eigenvalue weighted by Gasteiger charge is 2.09. The molecule has 0 rings (SSSR count). The zero-order chi connectivity index (χ0) is 7.28. The first-order chi connectivity index (χ1) is 4.22. The number of hydrogen-bond donors (Lipinski definition) is 2. The van der Waals surface area contributed by atoms with Gasteiger partial charge in [-0.3, -0.25) is 0 Å². The van der Waals surface area contributed by atoms with Gasteiger partial charge < -0.3 is 10.2 Å². The second-order valence-electron chi connectivity index (χ2n) is 2.25. The third kappa shape index (κ3) is 3.27. The lowest BCUT2D eigenvalue weighted by Gasteiger charge is -2.13. The molecule has 0 aromatic rings. The van der Waals surface area contributed by atoms with Crippen LogP contribution < -0.4 is 0 Å². The average molecular weight is 130 g/mol. The van der Waals surface area contributed by atoms with Gasteiger partial charge in [0.2, 0.25) is 0 Å². The van der Waals surface area contributed by atoms with Crippen LogP contribution in [0.5, 0.6) is 0 Å². The molecule has 0 saturated heterocycles. The van der Waals surface area contributed by atoms with E-state index in [0.29, 0.717) is 6.42 Å². The van der Waals surface area contributed by atoms with Crippen molar-refractivity contribution in [1.82, 2.24) is 0 Å². The van der Waals surface area contributed by atoms with E-state index in [0.717, 1.165) is 0 Å². The molecular formula is C7H14O2. The standard InChI is InChI=1S/C7H14O2/c1-3-4-7(9)6(2)5-8/h3,6-9H,1,4-5H2,2H3. The van der Waals surface area contributed by atoms with Crippen molar-refractivity contribution in [1.29, 1.82) is 0 Å². The molecule has 54 valence electrons. The van der Waals surface area contributed by atoms with Crippen LogP contribution in [0.1, 0.15) is 13.3 Å². The Balaban J connectivity index is 3.44. The largest absolute Gasteiger partial charge is 0.396 e. The maximum atomic E-state index is 9.09. The minimum atomic E-state index is -0.438. The lowest BCUT2D eigenvalue weighted by atomic mass is 10.0. The summed E-state index contributed by atoms with van der Waals surface area (Å²) in [7, 11) is 0. The van der Waals surface area contributed by atoms with Gasteiger partial charge in [-0.25, -0.2) is 0 Å². The van der Waals surface area contributed by atoms with E-state index in [1.807, 2.05) is 0 Å². The van der Waals surface area contributed by atoms with Crippen molar-refractivity contribution in [2.24, 2.45) is 5.92 Å². The molecule has 2 atom stereocenters. The Labute approximate surface area is 55.8 Å². The molecule has 2 N–H and O–H groups in total. The van der Waals surface area contributed by atoms with E-state index >= 15 is 0 Å². The van der Waals surface area contributed by atoms with E-state index in [2.05, 4.69) is 6.58 Å². The van der Waals surface area contributed by atoms with Crippen LogP contribution >= 0.6 is 0 Å². The molecule has 0 fully saturated rings. The van der Waals surface area contributed by atoms with Crippen LogP contribution in [0.25, 0.3) is 0 Å². The molecule has 2 unspecified atom stereocenters. The van der Waals surface area contributed by atoms with Crippen molar-refractivity contribution in [2.45, 2.75) is 19.4 Å². The van der Waals surface area contributed by atoms with Crippen molar-refractivity contribution in [3.05, 3.63) is 12.7 Å². The Morgan fingerprint density at radius 1 is 1.67 bits per heavy atom. The van der Waals surface area contributed by atoms with Gasteiger partial charge in [0.1, 0.15) is 0 Å². The lowest BCUT2D eigenvalue weighted by Crippen LogP contribution is -2.19. The van der Waals surface area contributed by atoms with Crippen molar-refractivity contribution >= 4 is 0 Å². The highest BCUT2D eigenvalue weighted by molar-refractivity contribution is 4.75. The van der Waals surface area contributed by atoms with Crippen LogP contribution in [0.2, 0.25) is 0 Å². The molecule has 0 amide bonds. The Hall–Kier alpha value is -0.340. The summed E-state index contributed by atoms with van der Waals surface area (Å²) in [4.78, 5) is 0. The predicted molar refractivity (Wildman–Crippen MR) is 37.1 cm³/mol. The van der Waals surface area contributed by atoms with E-state index in [-0.39, 0.29) is 12.5 Å². The quantitative estimate of drug-likeness (QED) is 0.546. The molecule has 0 saturated carbocycles. The average Bonchev–Trinajstić information content (AvgIpc) is 1.87. The zero-order valence-electron chi connectivity index (χ0n) is 5.75. The molecule has 2 nitrogen and oxygen atoms in total. The van der Waals surface area contributed by atoms with E-state index < -0.39 is 6.10 Å². The van der Waals surface area contributed by atoms with Crippen LogP contribution in [0, 0.1) is 5.92 Å².